The lowest BCUT2D eigenvalue weighted by Gasteiger charge is -2.20. The number of nitrogens with zero attached hydrogens (tertiary/aromatic N) is 3. The predicted molar refractivity (Wildman–Crippen MR) is 108 cm³/mol. The van der Waals surface area contributed by atoms with E-state index in [0.717, 1.165) is 29.9 Å². The molecule has 0 fully saturated rings. The van der Waals surface area contributed by atoms with E-state index in [1.165, 1.54) is 0 Å². The number of hydrogen-bond donors (Lipinski definition) is 2. The molecular formula is C21H20ClN5. The van der Waals surface area contributed by atoms with E-state index in [1.807, 2.05) is 42.5 Å². The molecule has 2 N–H and O–H groups in total. The van der Waals surface area contributed by atoms with E-state index in [-0.39, 0.29) is 6.04 Å². The molecule has 0 bridgehead atoms. The highest BCUT2D eigenvalue weighted by Crippen LogP contribution is 2.28. The zero-order valence-electron chi connectivity index (χ0n) is 15.0. The summed E-state index contributed by atoms with van der Waals surface area (Å²) in [4.78, 5) is 8.98. The summed E-state index contributed by atoms with van der Waals surface area (Å²) in [5.41, 5.74) is 3.25. The zero-order chi connectivity index (χ0) is 19.1. The molecule has 136 valence electrons. The van der Waals surface area contributed by atoms with Gasteiger partial charge in [0.1, 0.15) is 0 Å². The Morgan fingerprint density at radius 1 is 1.11 bits per heavy atom. The highest BCUT2D eigenvalue weighted by molar-refractivity contribution is 6.31. The maximum Gasteiger partial charge on any atom is 0.227 e. The fraction of sp³-hybridized carbons (Fsp3) is 0.190. The van der Waals surface area contributed by atoms with Gasteiger partial charge in [0.2, 0.25) is 5.95 Å². The van der Waals surface area contributed by atoms with Crippen LogP contribution in [0.5, 0.6) is 0 Å². The molecule has 1 atom stereocenters. The molecule has 0 aliphatic carbocycles. The quantitative estimate of drug-likeness (QED) is 0.616. The maximum absolute atomic E-state index is 8.90. The Morgan fingerprint density at radius 2 is 1.89 bits per heavy atom. The van der Waals surface area contributed by atoms with Crippen LogP contribution >= 0.6 is 11.6 Å². The smallest absolute Gasteiger partial charge is 0.227 e. The average molecular weight is 378 g/mol. The van der Waals surface area contributed by atoms with Crippen LogP contribution < -0.4 is 10.6 Å². The van der Waals surface area contributed by atoms with Crippen LogP contribution in [0.4, 0.5) is 11.6 Å². The minimum absolute atomic E-state index is 0.122. The highest BCUT2D eigenvalue weighted by atomic mass is 35.5. The molecule has 27 heavy (non-hydrogen) atoms. The van der Waals surface area contributed by atoms with Crippen molar-refractivity contribution in [3.05, 3.63) is 82.6 Å². The third-order valence-electron chi connectivity index (χ3n) is 4.06. The molecule has 3 rings (SSSR count). The van der Waals surface area contributed by atoms with Crippen LogP contribution in [0.25, 0.3) is 0 Å². The van der Waals surface area contributed by atoms with E-state index in [4.69, 9.17) is 16.9 Å². The summed E-state index contributed by atoms with van der Waals surface area (Å²) in [6, 6.07) is 18.8. The van der Waals surface area contributed by atoms with Crippen LogP contribution in [0.1, 0.15) is 36.2 Å². The van der Waals surface area contributed by atoms with E-state index in [2.05, 4.69) is 33.6 Å². The number of hydrogen-bond acceptors (Lipinski definition) is 5. The van der Waals surface area contributed by atoms with Crippen molar-refractivity contribution in [1.82, 2.24) is 15.3 Å². The molecular weight excluding hydrogens is 358 g/mol. The summed E-state index contributed by atoms with van der Waals surface area (Å²) in [5, 5.41) is 16.3. The lowest BCUT2D eigenvalue weighted by molar-refractivity contribution is 0.586. The van der Waals surface area contributed by atoms with Crippen molar-refractivity contribution in [2.45, 2.75) is 19.4 Å². The van der Waals surface area contributed by atoms with Gasteiger partial charge in [-0.05, 0) is 54.9 Å². The minimum Gasteiger partial charge on any atom is -0.324 e. The normalized spacial score (nSPS) is 11.6. The first-order valence-corrected chi connectivity index (χ1v) is 9.17. The van der Waals surface area contributed by atoms with Gasteiger partial charge in [-0.3, -0.25) is 0 Å². The SMILES string of the molecule is CCCNC(c1ccnc(Nc2ccc(C#N)cc2)n1)c1ccccc1Cl. The fourth-order valence-corrected chi connectivity index (χ4v) is 2.97. The summed E-state index contributed by atoms with van der Waals surface area (Å²) in [6.45, 7) is 2.97. The average Bonchev–Trinajstić information content (AvgIpc) is 2.70. The molecule has 0 aliphatic heterocycles. The highest BCUT2D eigenvalue weighted by Gasteiger charge is 2.18. The van der Waals surface area contributed by atoms with Crippen molar-refractivity contribution in [3.8, 4) is 6.07 Å². The summed E-state index contributed by atoms with van der Waals surface area (Å²) < 4.78 is 0. The zero-order valence-corrected chi connectivity index (χ0v) is 15.7. The van der Waals surface area contributed by atoms with Crippen molar-refractivity contribution in [2.24, 2.45) is 0 Å². The Balaban J connectivity index is 1.88. The molecule has 2 aromatic carbocycles. The van der Waals surface area contributed by atoms with Gasteiger partial charge in [-0.15, -0.1) is 0 Å². The minimum atomic E-state index is -0.122. The monoisotopic (exact) mass is 377 g/mol. The lowest BCUT2D eigenvalue weighted by Crippen LogP contribution is -2.24. The Morgan fingerprint density at radius 3 is 2.59 bits per heavy atom. The number of aromatic nitrogens is 2. The molecule has 0 saturated carbocycles. The van der Waals surface area contributed by atoms with Crippen LogP contribution in [0, 0.1) is 11.3 Å². The van der Waals surface area contributed by atoms with Crippen LogP contribution in [0.15, 0.2) is 60.8 Å². The first-order chi connectivity index (χ1) is 13.2. The van der Waals surface area contributed by atoms with Crippen molar-refractivity contribution in [1.29, 1.82) is 5.26 Å². The first kappa shape index (κ1) is 18.8. The van der Waals surface area contributed by atoms with Crippen LogP contribution in [0.3, 0.4) is 0 Å². The van der Waals surface area contributed by atoms with E-state index >= 15 is 0 Å². The van der Waals surface area contributed by atoms with Gasteiger partial charge in [0, 0.05) is 16.9 Å². The molecule has 1 unspecified atom stereocenters. The Kier molecular flexibility index (Phi) is 6.37. The standard InChI is InChI=1S/C21H20ClN5/c1-2-12-24-20(17-5-3-4-6-18(17)22)19-11-13-25-21(27-19)26-16-9-7-15(14-23)8-10-16/h3-11,13,20,24H,2,12H2,1H3,(H,25,26,27). The summed E-state index contributed by atoms with van der Waals surface area (Å²) in [6.07, 6.45) is 2.73. The molecule has 0 aliphatic rings. The second kappa shape index (κ2) is 9.13. The molecule has 0 radical (unpaired) electrons. The second-order valence-electron chi connectivity index (χ2n) is 6.03. The number of nitrogens with one attached hydrogen (secondary N) is 2. The molecule has 3 aromatic rings. The Bertz CT molecular complexity index is 934. The van der Waals surface area contributed by atoms with Gasteiger partial charge in [0.25, 0.3) is 0 Å². The van der Waals surface area contributed by atoms with Gasteiger partial charge in [0.05, 0.1) is 23.4 Å². The molecule has 6 heteroatoms. The lowest BCUT2D eigenvalue weighted by atomic mass is 10.0. The predicted octanol–water partition coefficient (Wildman–Crippen LogP) is 4.83. The third kappa shape index (κ3) is 4.82. The van der Waals surface area contributed by atoms with E-state index in [1.54, 1.807) is 18.3 Å². The molecule has 1 aromatic heterocycles. The van der Waals surface area contributed by atoms with Gasteiger partial charge in [0.15, 0.2) is 0 Å². The van der Waals surface area contributed by atoms with Gasteiger partial charge in [-0.25, -0.2) is 9.97 Å². The van der Waals surface area contributed by atoms with Gasteiger partial charge in [-0.1, -0.05) is 36.7 Å². The van der Waals surface area contributed by atoms with E-state index in [0.29, 0.717) is 16.5 Å². The van der Waals surface area contributed by atoms with Gasteiger partial charge >= 0.3 is 0 Å². The second-order valence-corrected chi connectivity index (χ2v) is 6.44. The Hall–Kier alpha value is -2.94. The third-order valence-corrected chi connectivity index (χ3v) is 4.40. The summed E-state index contributed by atoms with van der Waals surface area (Å²) in [7, 11) is 0. The van der Waals surface area contributed by atoms with Crippen molar-refractivity contribution in [2.75, 3.05) is 11.9 Å². The van der Waals surface area contributed by atoms with Gasteiger partial charge in [-0.2, -0.15) is 5.26 Å². The van der Waals surface area contributed by atoms with Crippen LogP contribution in [-0.2, 0) is 0 Å². The number of nitriles is 1. The first-order valence-electron chi connectivity index (χ1n) is 8.79. The van der Waals surface area contributed by atoms with Gasteiger partial charge < -0.3 is 10.6 Å². The number of benzene rings is 2. The maximum atomic E-state index is 8.90. The van der Waals surface area contributed by atoms with Crippen LogP contribution in [-0.4, -0.2) is 16.5 Å². The summed E-state index contributed by atoms with van der Waals surface area (Å²) >= 11 is 6.42. The number of anilines is 2. The van der Waals surface area contributed by atoms with Crippen molar-refractivity contribution in [3.63, 3.8) is 0 Å². The van der Waals surface area contributed by atoms with E-state index in [9.17, 15) is 0 Å². The molecule has 0 saturated heterocycles. The van der Waals surface area contributed by atoms with Crippen molar-refractivity contribution >= 4 is 23.2 Å². The molecule has 0 amide bonds. The molecule has 0 spiro atoms. The van der Waals surface area contributed by atoms with Crippen LogP contribution in [0.2, 0.25) is 5.02 Å². The fourth-order valence-electron chi connectivity index (χ4n) is 2.72. The van der Waals surface area contributed by atoms with Crippen molar-refractivity contribution < 1.29 is 0 Å². The molecule has 1 heterocycles. The molecule has 5 nitrogen and oxygen atoms in total. The van der Waals surface area contributed by atoms with E-state index < -0.39 is 0 Å². The number of halogens is 1. The number of rotatable bonds is 7. The largest absolute Gasteiger partial charge is 0.324 e. The Labute approximate surface area is 164 Å². The summed E-state index contributed by atoms with van der Waals surface area (Å²) in [5.74, 6) is 0.493. The topological polar surface area (TPSA) is 73.6 Å².